The number of carbonyl (C=O) groups is 1. The van der Waals surface area contributed by atoms with Crippen LogP contribution in [-0.4, -0.2) is 29.9 Å². The molecule has 0 aromatic rings. The van der Waals surface area contributed by atoms with Gasteiger partial charge >= 0.3 is 0 Å². The van der Waals surface area contributed by atoms with E-state index in [1.165, 1.54) is 25.7 Å². The molecule has 2 aliphatic rings. The highest BCUT2D eigenvalue weighted by atomic mass is 16.2. The third-order valence-corrected chi connectivity index (χ3v) is 6.68. The van der Waals surface area contributed by atoms with Crippen molar-refractivity contribution in [3.8, 4) is 0 Å². The molecule has 2 N–H and O–H groups in total. The molecule has 3 atom stereocenters. The van der Waals surface area contributed by atoms with Gasteiger partial charge in [-0.25, -0.2) is 0 Å². The number of hydrogen-bond acceptors (Lipinski definition) is 2. The summed E-state index contributed by atoms with van der Waals surface area (Å²) in [5, 5.41) is 0. The van der Waals surface area contributed by atoms with Crippen LogP contribution < -0.4 is 5.73 Å². The SMILES string of the molecule is CC1CCC(N(C)C(=O)C2CCC(N)C(C)C2(C)C)CC1. The molecule has 0 bridgehead atoms. The molecule has 2 aliphatic carbocycles. The normalized spacial score (nSPS) is 39.8. The maximum atomic E-state index is 13.0. The van der Waals surface area contributed by atoms with Crippen molar-refractivity contribution in [3.63, 3.8) is 0 Å². The summed E-state index contributed by atoms with van der Waals surface area (Å²) >= 11 is 0. The first-order chi connectivity index (χ1) is 9.75. The van der Waals surface area contributed by atoms with Crippen molar-refractivity contribution in [1.29, 1.82) is 0 Å². The molecule has 0 radical (unpaired) electrons. The van der Waals surface area contributed by atoms with Gasteiger partial charge in [0.1, 0.15) is 0 Å². The van der Waals surface area contributed by atoms with Gasteiger partial charge in [-0.3, -0.25) is 4.79 Å². The Morgan fingerprint density at radius 2 is 1.62 bits per heavy atom. The second-order valence-electron chi connectivity index (χ2n) is 8.27. The van der Waals surface area contributed by atoms with Crippen LogP contribution in [0.5, 0.6) is 0 Å². The molecule has 2 fully saturated rings. The third-order valence-electron chi connectivity index (χ3n) is 6.68. The topological polar surface area (TPSA) is 46.3 Å². The monoisotopic (exact) mass is 294 g/mol. The largest absolute Gasteiger partial charge is 0.343 e. The maximum absolute atomic E-state index is 13.0. The van der Waals surface area contributed by atoms with Crippen LogP contribution in [0.1, 0.15) is 66.2 Å². The van der Waals surface area contributed by atoms with Gasteiger partial charge in [0.15, 0.2) is 0 Å². The van der Waals surface area contributed by atoms with E-state index in [0.29, 0.717) is 17.9 Å². The molecule has 0 spiro atoms. The summed E-state index contributed by atoms with van der Waals surface area (Å²) in [6.07, 6.45) is 6.80. The second kappa shape index (κ2) is 6.28. The quantitative estimate of drug-likeness (QED) is 0.848. The van der Waals surface area contributed by atoms with Crippen molar-refractivity contribution in [2.24, 2.45) is 28.9 Å². The van der Waals surface area contributed by atoms with E-state index < -0.39 is 0 Å². The zero-order valence-electron chi connectivity index (χ0n) is 14.6. The second-order valence-corrected chi connectivity index (χ2v) is 8.27. The van der Waals surface area contributed by atoms with Crippen molar-refractivity contribution < 1.29 is 4.79 Å². The Bertz CT molecular complexity index is 371. The van der Waals surface area contributed by atoms with Crippen LogP contribution in [-0.2, 0) is 4.79 Å². The molecule has 3 unspecified atom stereocenters. The van der Waals surface area contributed by atoms with Crippen LogP contribution in [0.4, 0.5) is 0 Å². The minimum Gasteiger partial charge on any atom is -0.343 e. The molecular weight excluding hydrogens is 260 g/mol. The van der Waals surface area contributed by atoms with Crippen LogP contribution in [0, 0.1) is 23.2 Å². The van der Waals surface area contributed by atoms with Gasteiger partial charge in [-0.15, -0.1) is 0 Å². The number of nitrogens with zero attached hydrogens (tertiary/aromatic N) is 1. The number of carbonyl (C=O) groups excluding carboxylic acids is 1. The molecule has 0 heterocycles. The van der Waals surface area contributed by atoms with Gasteiger partial charge in [0.2, 0.25) is 5.91 Å². The van der Waals surface area contributed by atoms with Gasteiger partial charge in [0.25, 0.3) is 0 Å². The van der Waals surface area contributed by atoms with Crippen LogP contribution in [0.25, 0.3) is 0 Å². The van der Waals surface area contributed by atoms with Crippen LogP contribution >= 0.6 is 0 Å². The van der Waals surface area contributed by atoms with E-state index >= 15 is 0 Å². The summed E-state index contributed by atoms with van der Waals surface area (Å²) in [5.74, 6) is 1.73. The zero-order chi connectivity index (χ0) is 15.8. The lowest BCUT2D eigenvalue weighted by Gasteiger charge is -2.48. The minimum atomic E-state index is 0.00493. The van der Waals surface area contributed by atoms with Crippen molar-refractivity contribution >= 4 is 5.91 Å². The molecule has 0 aromatic carbocycles. The summed E-state index contributed by atoms with van der Waals surface area (Å²) in [5.41, 5.74) is 6.23. The van der Waals surface area contributed by atoms with Crippen molar-refractivity contribution in [3.05, 3.63) is 0 Å². The van der Waals surface area contributed by atoms with E-state index in [9.17, 15) is 4.79 Å². The van der Waals surface area contributed by atoms with Gasteiger partial charge in [0, 0.05) is 25.0 Å². The van der Waals surface area contributed by atoms with Gasteiger partial charge in [-0.2, -0.15) is 0 Å². The molecule has 0 aliphatic heterocycles. The van der Waals surface area contributed by atoms with Crippen molar-refractivity contribution in [2.45, 2.75) is 78.3 Å². The lowest BCUT2D eigenvalue weighted by Crippen LogP contribution is -2.53. The maximum Gasteiger partial charge on any atom is 0.226 e. The van der Waals surface area contributed by atoms with E-state index in [2.05, 4.69) is 32.6 Å². The highest BCUT2D eigenvalue weighted by molar-refractivity contribution is 5.80. The molecular formula is C18H34N2O. The fourth-order valence-electron chi connectivity index (χ4n) is 4.35. The molecule has 3 heteroatoms. The van der Waals surface area contributed by atoms with Gasteiger partial charge in [-0.05, 0) is 55.8 Å². The number of amides is 1. The van der Waals surface area contributed by atoms with Gasteiger partial charge in [-0.1, -0.05) is 27.7 Å². The molecule has 2 rings (SSSR count). The summed E-state index contributed by atoms with van der Waals surface area (Å²) < 4.78 is 0. The lowest BCUT2D eigenvalue weighted by molar-refractivity contribution is -0.145. The number of nitrogens with two attached hydrogens (primary N) is 1. The van der Waals surface area contributed by atoms with E-state index in [4.69, 9.17) is 5.73 Å². The lowest BCUT2D eigenvalue weighted by atomic mass is 9.60. The van der Waals surface area contributed by atoms with E-state index in [1.54, 1.807) is 0 Å². The highest BCUT2D eigenvalue weighted by Crippen LogP contribution is 2.45. The van der Waals surface area contributed by atoms with Crippen LogP contribution in [0.3, 0.4) is 0 Å². The first-order valence-electron chi connectivity index (χ1n) is 8.77. The Morgan fingerprint density at radius 3 is 2.19 bits per heavy atom. The molecule has 0 saturated heterocycles. The Morgan fingerprint density at radius 1 is 1.05 bits per heavy atom. The zero-order valence-corrected chi connectivity index (χ0v) is 14.6. The Hall–Kier alpha value is -0.570. The van der Waals surface area contributed by atoms with Crippen LogP contribution in [0.15, 0.2) is 0 Å². The fourth-order valence-corrected chi connectivity index (χ4v) is 4.35. The van der Waals surface area contributed by atoms with E-state index in [1.807, 2.05) is 7.05 Å². The fraction of sp³-hybridized carbons (Fsp3) is 0.944. The Labute approximate surface area is 130 Å². The first kappa shape index (κ1) is 16.8. The predicted octanol–water partition coefficient (Wildman–Crippen LogP) is 3.42. The highest BCUT2D eigenvalue weighted by Gasteiger charge is 2.46. The first-order valence-corrected chi connectivity index (χ1v) is 8.77. The van der Waals surface area contributed by atoms with Crippen molar-refractivity contribution in [1.82, 2.24) is 4.90 Å². The third kappa shape index (κ3) is 3.28. The Kier molecular flexibility index (Phi) is 5.02. The molecule has 122 valence electrons. The molecule has 21 heavy (non-hydrogen) atoms. The van der Waals surface area contributed by atoms with Gasteiger partial charge in [0.05, 0.1) is 0 Å². The van der Waals surface area contributed by atoms with Crippen LogP contribution in [0.2, 0.25) is 0 Å². The summed E-state index contributed by atoms with van der Waals surface area (Å²) in [4.78, 5) is 15.1. The predicted molar refractivity (Wildman–Crippen MR) is 87.8 cm³/mol. The molecule has 3 nitrogen and oxygen atoms in total. The summed E-state index contributed by atoms with van der Waals surface area (Å²) in [7, 11) is 2.03. The number of rotatable bonds is 2. The minimum absolute atomic E-state index is 0.00493. The average molecular weight is 294 g/mol. The van der Waals surface area contributed by atoms with Crippen molar-refractivity contribution in [2.75, 3.05) is 7.05 Å². The Balaban J connectivity index is 2.05. The van der Waals surface area contributed by atoms with Gasteiger partial charge < -0.3 is 10.6 Å². The van der Waals surface area contributed by atoms with E-state index in [0.717, 1.165) is 18.8 Å². The average Bonchev–Trinajstić information content (AvgIpc) is 2.44. The smallest absolute Gasteiger partial charge is 0.226 e. The molecule has 1 amide bonds. The molecule has 0 aromatic heterocycles. The standard InChI is InChI=1S/C18H34N2O/c1-12-6-8-14(9-7-12)20(5)17(21)15-10-11-16(19)13(2)18(15,3)4/h12-16H,6-11,19H2,1-5H3. The summed E-state index contributed by atoms with van der Waals surface area (Å²) in [6, 6.07) is 0.695. The summed E-state index contributed by atoms with van der Waals surface area (Å²) in [6.45, 7) is 9.00. The van der Waals surface area contributed by atoms with E-state index in [-0.39, 0.29) is 17.4 Å². The molecule has 2 saturated carbocycles. The number of hydrogen-bond donors (Lipinski definition) is 1.